The van der Waals surface area contributed by atoms with Crippen molar-refractivity contribution in [3.05, 3.63) is 0 Å². The number of aliphatic hydroxyl groups excluding tert-OH is 3. The molecule has 0 bridgehead atoms. The van der Waals surface area contributed by atoms with Crippen molar-refractivity contribution >= 4 is 62.3 Å². The molecule has 0 fully saturated rings. The molecule has 0 aromatic heterocycles. The van der Waals surface area contributed by atoms with E-state index in [0.29, 0.717) is 17.3 Å². The number of hydrogen-bond acceptors (Lipinski definition) is 6. The first kappa shape index (κ1) is 26.3. The molecular weight excluding hydrogens is 374 g/mol. The van der Waals surface area contributed by atoms with Gasteiger partial charge < -0.3 is 53.2 Å². The first-order valence-corrected chi connectivity index (χ1v) is 6.33. The van der Waals surface area contributed by atoms with E-state index < -0.39 is 0 Å². The van der Waals surface area contributed by atoms with Gasteiger partial charge in [0.1, 0.15) is 0 Å². The van der Waals surface area contributed by atoms with E-state index in [9.17, 15) is 0 Å². The van der Waals surface area contributed by atoms with Gasteiger partial charge in [0.25, 0.3) is 0 Å². The summed E-state index contributed by atoms with van der Waals surface area (Å²) in [5.41, 5.74) is 0. The molecule has 3 N–H and O–H groups in total. The molecule has 0 aromatic rings. The van der Waals surface area contributed by atoms with Gasteiger partial charge in [-0.2, -0.15) is 17.3 Å². The van der Waals surface area contributed by atoms with Crippen LogP contribution in [0.5, 0.6) is 0 Å². The van der Waals surface area contributed by atoms with E-state index in [1.807, 2.05) is 0 Å². The molecule has 0 saturated carbocycles. The van der Waals surface area contributed by atoms with Crippen LogP contribution in [0.25, 0.3) is 0 Å². The van der Waals surface area contributed by atoms with Gasteiger partial charge in [0.2, 0.25) is 0 Å². The largest absolute Gasteiger partial charge is 3.00 e. The van der Waals surface area contributed by atoms with Crippen molar-refractivity contribution in [2.24, 2.45) is 0 Å². The Bertz CT molecular complexity index is 87.0. The maximum Gasteiger partial charge on any atom is 3.00 e. The molecule has 0 spiro atoms. The number of rotatable bonds is 3. The van der Waals surface area contributed by atoms with Crippen LogP contribution in [-0.2, 0) is 37.9 Å². The summed E-state index contributed by atoms with van der Waals surface area (Å²) in [5, 5.41) is 24.8. The second-order valence-electron chi connectivity index (χ2n) is 3.05. The Hall–Kier alpha value is 1.75. The summed E-state index contributed by atoms with van der Waals surface area (Å²) < 4.78 is 0. The van der Waals surface area contributed by atoms with Crippen molar-refractivity contribution in [3.8, 4) is 0 Å². The molecule has 0 saturated heterocycles. The van der Waals surface area contributed by atoms with Crippen LogP contribution in [0.15, 0.2) is 0 Å². The molecule has 0 aliphatic carbocycles. The van der Waals surface area contributed by atoms with Gasteiger partial charge in [0.15, 0.2) is 0 Å². The minimum Gasteiger partial charge on any atom is -0.790 e. The molecule has 0 heterocycles. The fourth-order valence-electron chi connectivity index (χ4n) is 0. The van der Waals surface area contributed by atoms with Crippen molar-refractivity contribution in [1.82, 2.24) is 0 Å². The minimum atomic E-state index is -0.301. The smallest absolute Gasteiger partial charge is 0.790 e. The molecule has 2 radical (unpaired) electrons. The average Bonchev–Trinajstić information content (AvgIpc) is 2.19. The van der Waals surface area contributed by atoms with Crippen molar-refractivity contribution in [2.45, 2.75) is 39.1 Å². The summed E-state index contributed by atoms with van der Waals surface area (Å²) in [6, 6.07) is 0. The van der Waals surface area contributed by atoms with Gasteiger partial charge in [-0.1, -0.05) is 0 Å². The third-order valence-corrected chi connectivity index (χ3v) is 2.17. The molecule has 0 amide bonds. The normalized spacial score (nSPS) is 14.1. The predicted octanol–water partition coefficient (Wildman–Crippen LogP) is -0.639. The zero-order chi connectivity index (χ0) is 12.9. The van der Waals surface area contributed by atoms with Crippen LogP contribution in [0.3, 0.4) is 0 Å². The van der Waals surface area contributed by atoms with Gasteiger partial charge in [0.05, 0.1) is 0 Å². The summed E-state index contributed by atoms with van der Waals surface area (Å²) in [6.45, 7) is 5.02. The van der Waals surface area contributed by atoms with E-state index in [2.05, 4.69) is 37.9 Å². The quantitative estimate of drug-likeness (QED) is 0.437. The molecule has 0 aliphatic heterocycles. The zero-order valence-corrected chi connectivity index (χ0v) is 14.9. The average molecular weight is 395 g/mol. The fraction of sp³-hybridized carbons (Fsp3) is 1.00. The second-order valence-corrected chi connectivity index (χ2v) is 4.05. The molecule has 3 atom stereocenters. The molecule has 3 unspecified atom stereocenters. The Morgan fingerprint density at radius 2 is 0.750 bits per heavy atom. The van der Waals surface area contributed by atoms with Crippen LogP contribution < -0.4 is 0 Å². The van der Waals surface area contributed by atoms with Crippen LogP contribution in [0, 0.1) is 0 Å². The third-order valence-electron chi connectivity index (χ3n) is 0.724. The summed E-state index contributed by atoms with van der Waals surface area (Å²) in [7, 11) is 0. The van der Waals surface area contributed by atoms with Crippen molar-refractivity contribution in [1.29, 1.82) is 0 Å². The predicted molar refractivity (Wildman–Crippen MR) is 77.5 cm³/mol. The Kier molecular flexibility index (Phi) is 36.2. The molecule has 0 aromatic carbocycles. The SMILES string of the molecule is CC(O)C[S-].CC(O)C[S-].CC(O)C[S-].[Sb+3]. The second kappa shape index (κ2) is 22.0. The van der Waals surface area contributed by atoms with Gasteiger partial charge in [-0.25, -0.2) is 0 Å². The van der Waals surface area contributed by atoms with Crippen LogP contribution >= 0.6 is 0 Å². The Morgan fingerprint density at radius 3 is 0.750 bits per heavy atom. The summed E-state index contributed by atoms with van der Waals surface area (Å²) in [6.07, 6.45) is -0.903. The van der Waals surface area contributed by atoms with Crippen LogP contribution in [0.1, 0.15) is 20.8 Å². The van der Waals surface area contributed by atoms with E-state index in [1.54, 1.807) is 20.8 Å². The van der Waals surface area contributed by atoms with E-state index >= 15 is 0 Å². The van der Waals surface area contributed by atoms with E-state index in [4.69, 9.17) is 15.3 Å². The Morgan fingerprint density at radius 1 is 0.688 bits per heavy atom. The molecule has 0 rings (SSSR count). The van der Waals surface area contributed by atoms with Gasteiger partial charge >= 0.3 is 24.4 Å². The van der Waals surface area contributed by atoms with Crippen LogP contribution in [0.2, 0.25) is 0 Å². The monoisotopic (exact) mass is 394 g/mol. The zero-order valence-electron chi connectivity index (χ0n) is 9.87. The Balaban J connectivity index is -0.0000000655. The first-order chi connectivity index (χ1) is 6.81. The van der Waals surface area contributed by atoms with Gasteiger partial charge in [-0.3, -0.25) is 0 Å². The van der Waals surface area contributed by atoms with Gasteiger partial charge in [-0.15, -0.1) is 0 Å². The summed E-state index contributed by atoms with van der Waals surface area (Å²) >= 11 is 13.3. The summed E-state index contributed by atoms with van der Waals surface area (Å²) in [5.74, 6) is 1.33. The Labute approximate surface area is 133 Å². The molecule has 98 valence electrons. The first-order valence-electron chi connectivity index (χ1n) is 4.60. The maximum absolute atomic E-state index is 8.26. The molecule has 0 aliphatic rings. The molecular formula is C9H21O3S3Sb. The third kappa shape index (κ3) is 57.1. The summed E-state index contributed by atoms with van der Waals surface area (Å²) in [4.78, 5) is 0. The van der Waals surface area contributed by atoms with Crippen LogP contribution in [-0.4, -0.2) is 75.3 Å². The van der Waals surface area contributed by atoms with E-state index in [-0.39, 0.29) is 42.7 Å². The van der Waals surface area contributed by atoms with Crippen molar-refractivity contribution < 1.29 is 15.3 Å². The standard InChI is InChI=1S/3C3H8OS.Sb/c3*1-3(4)2-5;/h3*3-5H,2H2,1H3;/q;;;+3/p-3. The van der Waals surface area contributed by atoms with Gasteiger partial charge in [-0.05, 0) is 20.8 Å². The maximum atomic E-state index is 8.26. The minimum absolute atomic E-state index is 0. The van der Waals surface area contributed by atoms with E-state index in [0.717, 1.165) is 0 Å². The van der Waals surface area contributed by atoms with Crippen LogP contribution in [0.4, 0.5) is 0 Å². The number of aliphatic hydroxyl groups is 3. The molecule has 3 nitrogen and oxygen atoms in total. The molecule has 16 heavy (non-hydrogen) atoms. The van der Waals surface area contributed by atoms with Crippen molar-refractivity contribution in [2.75, 3.05) is 17.3 Å². The van der Waals surface area contributed by atoms with Crippen molar-refractivity contribution in [3.63, 3.8) is 0 Å². The number of hydrogen-bond donors (Lipinski definition) is 3. The fourth-order valence-corrected chi connectivity index (χ4v) is 0. The van der Waals surface area contributed by atoms with E-state index in [1.165, 1.54) is 0 Å². The van der Waals surface area contributed by atoms with Gasteiger partial charge in [0, 0.05) is 18.3 Å². The molecule has 7 heteroatoms. The topological polar surface area (TPSA) is 60.7 Å².